The van der Waals surface area contributed by atoms with Crippen molar-refractivity contribution in [1.29, 1.82) is 0 Å². The van der Waals surface area contributed by atoms with Gasteiger partial charge in [-0.1, -0.05) is 29.8 Å². The number of thioether (sulfide) groups is 1. The van der Waals surface area contributed by atoms with E-state index in [0.29, 0.717) is 27.3 Å². The smallest absolute Gasteiger partial charge is 0.234 e. The predicted molar refractivity (Wildman–Crippen MR) is 137 cm³/mol. The number of nitrogens with one attached hydrogen (secondary N) is 3. The Morgan fingerprint density at radius 2 is 1.66 bits per heavy atom. The number of thiocarbonyl (C=S) groups is 1. The zero-order valence-corrected chi connectivity index (χ0v) is 19.9. The summed E-state index contributed by atoms with van der Waals surface area (Å²) in [7, 11) is 3.15. The van der Waals surface area contributed by atoms with Crippen molar-refractivity contribution in [1.82, 2.24) is 0 Å². The Hall–Kier alpha value is -2.94. The fourth-order valence-corrected chi connectivity index (χ4v) is 3.96. The number of hydrogen-bond donors (Lipinski definition) is 3. The largest absolute Gasteiger partial charge is 0.495 e. The molecular formula is C23H22ClN3O3S2. The number of carbonyl (C=O) groups is 1. The van der Waals surface area contributed by atoms with Gasteiger partial charge in [-0.05, 0) is 60.7 Å². The second kappa shape index (κ2) is 11.6. The molecule has 3 aromatic rings. The van der Waals surface area contributed by atoms with Gasteiger partial charge in [-0.25, -0.2) is 0 Å². The Labute approximate surface area is 201 Å². The number of hydrogen-bond acceptors (Lipinski definition) is 5. The summed E-state index contributed by atoms with van der Waals surface area (Å²) in [4.78, 5) is 13.3. The molecule has 0 heterocycles. The first-order chi connectivity index (χ1) is 15.5. The SMILES string of the molecule is COc1ccc(Cl)cc1NC(=O)CSc1cccc(NC(=S)Nc2ccccc2OC)c1. The summed E-state index contributed by atoms with van der Waals surface area (Å²) in [5, 5.41) is 10.1. The van der Waals surface area contributed by atoms with Gasteiger partial charge in [-0.15, -0.1) is 11.8 Å². The summed E-state index contributed by atoms with van der Waals surface area (Å²) in [5.74, 6) is 1.31. The molecule has 3 N–H and O–H groups in total. The molecule has 0 aliphatic rings. The lowest BCUT2D eigenvalue weighted by Gasteiger charge is -2.14. The quantitative estimate of drug-likeness (QED) is 0.270. The Morgan fingerprint density at radius 1 is 0.906 bits per heavy atom. The van der Waals surface area contributed by atoms with Crippen molar-refractivity contribution >= 4 is 63.7 Å². The van der Waals surface area contributed by atoms with Gasteiger partial charge in [-0.3, -0.25) is 4.79 Å². The van der Waals surface area contributed by atoms with Crippen LogP contribution in [0.1, 0.15) is 0 Å². The summed E-state index contributed by atoms with van der Waals surface area (Å²) in [6.45, 7) is 0. The number of methoxy groups -OCH3 is 2. The van der Waals surface area contributed by atoms with E-state index in [-0.39, 0.29) is 11.7 Å². The zero-order valence-electron chi connectivity index (χ0n) is 17.5. The Morgan fingerprint density at radius 3 is 2.44 bits per heavy atom. The number of benzene rings is 3. The maximum Gasteiger partial charge on any atom is 0.234 e. The molecule has 0 saturated heterocycles. The number of rotatable bonds is 8. The monoisotopic (exact) mass is 487 g/mol. The minimum atomic E-state index is -0.165. The predicted octanol–water partition coefficient (Wildman–Crippen LogP) is 5.90. The molecule has 9 heteroatoms. The first-order valence-electron chi connectivity index (χ1n) is 9.56. The van der Waals surface area contributed by atoms with Gasteiger partial charge in [0.15, 0.2) is 5.11 Å². The maximum atomic E-state index is 12.4. The molecular weight excluding hydrogens is 466 g/mol. The van der Waals surface area contributed by atoms with E-state index in [1.54, 1.807) is 32.4 Å². The first kappa shape index (κ1) is 23.7. The van der Waals surface area contributed by atoms with Crippen molar-refractivity contribution in [2.45, 2.75) is 4.90 Å². The number of para-hydroxylation sites is 2. The molecule has 0 saturated carbocycles. The number of halogens is 1. The van der Waals surface area contributed by atoms with Crippen LogP contribution in [0.4, 0.5) is 17.1 Å². The van der Waals surface area contributed by atoms with Crippen molar-refractivity contribution in [3.05, 3.63) is 71.8 Å². The van der Waals surface area contributed by atoms with Gasteiger partial charge in [0.05, 0.1) is 31.3 Å². The second-order valence-electron chi connectivity index (χ2n) is 6.49. The molecule has 0 fully saturated rings. The number of ether oxygens (including phenoxy) is 2. The summed E-state index contributed by atoms with van der Waals surface area (Å²) in [6.07, 6.45) is 0. The molecule has 0 aliphatic carbocycles. The molecule has 0 aromatic heterocycles. The topological polar surface area (TPSA) is 71.6 Å². The Balaban J connectivity index is 1.56. The lowest BCUT2D eigenvalue weighted by atomic mass is 10.3. The van der Waals surface area contributed by atoms with Crippen LogP contribution in [-0.4, -0.2) is 31.0 Å². The summed E-state index contributed by atoms with van der Waals surface area (Å²) in [6, 6.07) is 20.2. The van der Waals surface area contributed by atoms with Crippen LogP contribution in [0.3, 0.4) is 0 Å². The zero-order chi connectivity index (χ0) is 22.9. The van der Waals surface area contributed by atoms with Crippen molar-refractivity contribution in [3.8, 4) is 11.5 Å². The molecule has 32 heavy (non-hydrogen) atoms. The van der Waals surface area contributed by atoms with Gasteiger partial charge < -0.3 is 25.4 Å². The average molecular weight is 488 g/mol. The highest BCUT2D eigenvalue weighted by atomic mass is 35.5. The lowest BCUT2D eigenvalue weighted by molar-refractivity contribution is -0.113. The van der Waals surface area contributed by atoms with E-state index >= 15 is 0 Å². The van der Waals surface area contributed by atoms with Crippen molar-refractivity contribution in [3.63, 3.8) is 0 Å². The lowest BCUT2D eigenvalue weighted by Crippen LogP contribution is -2.19. The highest BCUT2D eigenvalue weighted by Gasteiger charge is 2.10. The van der Waals surface area contributed by atoms with E-state index in [1.807, 2.05) is 48.5 Å². The highest BCUT2D eigenvalue weighted by Crippen LogP contribution is 2.29. The van der Waals surface area contributed by atoms with Gasteiger partial charge in [0.1, 0.15) is 11.5 Å². The Bertz CT molecular complexity index is 1110. The van der Waals surface area contributed by atoms with E-state index in [4.69, 9.17) is 33.3 Å². The number of amides is 1. The maximum absolute atomic E-state index is 12.4. The molecule has 0 atom stereocenters. The van der Waals surface area contributed by atoms with Gasteiger partial charge >= 0.3 is 0 Å². The number of carbonyl (C=O) groups excluding carboxylic acids is 1. The van der Waals surface area contributed by atoms with Crippen LogP contribution in [0.2, 0.25) is 5.02 Å². The molecule has 0 bridgehead atoms. The standard InChI is InChI=1S/C23H22ClN3O3S2/c1-29-20-9-4-3-8-18(20)27-23(31)25-16-6-5-7-17(13-16)32-14-22(28)26-19-12-15(24)10-11-21(19)30-2/h3-13H,14H2,1-2H3,(H,26,28)(H2,25,27,31). The van der Waals surface area contributed by atoms with E-state index in [1.165, 1.54) is 11.8 Å². The third-order valence-corrected chi connectivity index (χ3v) is 5.69. The molecule has 0 aliphatic heterocycles. The fraction of sp³-hybridized carbons (Fsp3) is 0.130. The van der Waals surface area contributed by atoms with Crippen LogP contribution in [-0.2, 0) is 4.79 Å². The van der Waals surface area contributed by atoms with Crippen molar-refractivity contribution in [2.75, 3.05) is 35.9 Å². The van der Waals surface area contributed by atoms with E-state index in [0.717, 1.165) is 16.3 Å². The molecule has 1 amide bonds. The first-order valence-corrected chi connectivity index (χ1v) is 11.3. The van der Waals surface area contributed by atoms with Crippen LogP contribution in [0, 0.1) is 0 Å². The molecule has 0 spiro atoms. The van der Waals surface area contributed by atoms with E-state index in [9.17, 15) is 4.79 Å². The van der Waals surface area contributed by atoms with Gasteiger partial charge in [0.25, 0.3) is 0 Å². The normalized spacial score (nSPS) is 10.2. The van der Waals surface area contributed by atoms with Crippen LogP contribution < -0.4 is 25.4 Å². The molecule has 166 valence electrons. The van der Waals surface area contributed by atoms with Gasteiger partial charge in [0.2, 0.25) is 5.91 Å². The van der Waals surface area contributed by atoms with Crippen LogP contribution in [0.15, 0.2) is 71.6 Å². The van der Waals surface area contributed by atoms with Gasteiger partial charge in [-0.2, -0.15) is 0 Å². The van der Waals surface area contributed by atoms with Crippen LogP contribution >= 0.6 is 35.6 Å². The second-order valence-corrected chi connectivity index (χ2v) is 8.38. The summed E-state index contributed by atoms with van der Waals surface area (Å²) >= 11 is 12.8. The molecule has 0 unspecified atom stereocenters. The molecule has 0 radical (unpaired) electrons. The third kappa shape index (κ3) is 6.78. The van der Waals surface area contributed by atoms with Crippen LogP contribution in [0.5, 0.6) is 11.5 Å². The highest BCUT2D eigenvalue weighted by molar-refractivity contribution is 8.00. The summed E-state index contributed by atoms with van der Waals surface area (Å²) in [5.41, 5.74) is 2.11. The van der Waals surface area contributed by atoms with Crippen LogP contribution in [0.25, 0.3) is 0 Å². The average Bonchev–Trinajstić information content (AvgIpc) is 2.78. The molecule has 3 aromatic carbocycles. The van der Waals surface area contributed by atoms with E-state index in [2.05, 4.69) is 16.0 Å². The Kier molecular flexibility index (Phi) is 8.61. The van der Waals surface area contributed by atoms with Crippen molar-refractivity contribution in [2.24, 2.45) is 0 Å². The minimum absolute atomic E-state index is 0.165. The van der Waals surface area contributed by atoms with E-state index < -0.39 is 0 Å². The fourth-order valence-electron chi connectivity index (χ4n) is 2.81. The van der Waals surface area contributed by atoms with Gasteiger partial charge in [0, 0.05) is 15.6 Å². The van der Waals surface area contributed by atoms with Crippen molar-refractivity contribution < 1.29 is 14.3 Å². The molecule has 3 rings (SSSR count). The number of anilines is 3. The summed E-state index contributed by atoms with van der Waals surface area (Å²) < 4.78 is 10.6. The molecule has 6 nitrogen and oxygen atoms in total. The minimum Gasteiger partial charge on any atom is -0.495 e. The third-order valence-electron chi connectivity index (χ3n) is 4.25.